The van der Waals surface area contributed by atoms with Gasteiger partial charge in [-0.2, -0.15) is 35.1 Å². The van der Waals surface area contributed by atoms with Gasteiger partial charge in [0.05, 0.1) is 0 Å². The van der Waals surface area contributed by atoms with Gasteiger partial charge in [0.2, 0.25) is 11.6 Å². The van der Waals surface area contributed by atoms with Gasteiger partial charge in [-0.3, -0.25) is 0 Å². The predicted molar refractivity (Wildman–Crippen MR) is 36.0 cm³/mol. The molecule has 0 bridgehead atoms. The number of hydrogen-bond donors (Lipinski definition) is 0. The number of hydrogen-bond acceptors (Lipinski definition) is 2. The first-order chi connectivity index (χ1) is 7.37. The second-order valence-corrected chi connectivity index (χ2v) is 2.95. The number of aryl methyl sites for hydroxylation is 1. The Hall–Kier alpha value is -1.42. The van der Waals surface area contributed by atoms with Gasteiger partial charge in [0, 0.05) is 7.05 Å². The van der Waals surface area contributed by atoms with Crippen LogP contribution in [0.5, 0.6) is 0 Å². The summed E-state index contributed by atoms with van der Waals surface area (Å²) < 4.78 is 96.8. The first kappa shape index (κ1) is 13.6. The lowest BCUT2D eigenvalue weighted by Crippen LogP contribution is -2.35. The fraction of sp³-hybridized carbons (Fsp3) is 0.667. The molecule has 1 aromatic rings. The molecule has 0 aromatic carbocycles. The van der Waals surface area contributed by atoms with Gasteiger partial charge in [0.25, 0.3) is 0 Å². The topological polar surface area (TPSA) is 30.7 Å². The molecule has 11 heteroatoms. The molecule has 0 aliphatic carbocycles. The molecule has 0 atom stereocenters. The Balaban J connectivity index is 3.28. The van der Waals surface area contributed by atoms with Crippen LogP contribution < -0.4 is 0 Å². The van der Waals surface area contributed by atoms with Gasteiger partial charge >= 0.3 is 18.3 Å². The highest BCUT2D eigenvalue weighted by atomic mass is 19.4. The zero-order chi connectivity index (χ0) is 13.6. The molecule has 0 aliphatic heterocycles. The van der Waals surface area contributed by atoms with Gasteiger partial charge in [-0.1, -0.05) is 0 Å². The molecule has 3 nitrogen and oxygen atoms in total. The summed E-state index contributed by atoms with van der Waals surface area (Å²) in [7, 11) is 0.561. The largest absolute Gasteiger partial charge is 0.461 e. The molecule has 0 amide bonds. The molecular formula is C6H3F8N3. The third kappa shape index (κ3) is 2.31. The van der Waals surface area contributed by atoms with Crippen molar-refractivity contribution in [1.29, 1.82) is 0 Å². The maximum absolute atomic E-state index is 12.6. The van der Waals surface area contributed by atoms with Crippen molar-refractivity contribution in [3.05, 3.63) is 11.6 Å². The summed E-state index contributed by atoms with van der Waals surface area (Å²) in [5.41, 5.74) is 0. The number of alkyl halides is 8. The first-order valence-corrected chi connectivity index (χ1v) is 3.80. The number of halogens is 8. The fourth-order valence-corrected chi connectivity index (χ4v) is 0.891. The van der Waals surface area contributed by atoms with E-state index in [1.54, 1.807) is 0 Å². The van der Waals surface area contributed by atoms with Crippen LogP contribution in [0.4, 0.5) is 35.1 Å². The van der Waals surface area contributed by atoms with Gasteiger partial charge in [-0.05, 0) is 0 Å². The standard InChI is InChI=1S/C6H3F8N3/c1-17-3(5(9,10)11)15-2(16-17)4(7,8)6(12,13)14/h1H3. The summed E-state index contributed by atoms with van der Waals surface area (Å²) in [5.74, 6) is -9.70. The summed E-state index contributed by atoms with van der Waals surface area (Å²) in [6.45, 7) is 0. The van der Waals surface area contributed by atoms with E-state index in [1.165, 1.54) is 0 Å². The van der Waals surface area contributed by atoms with Crippen LogP contribution in [0, 0.1) is 0 Å². The fourth-order valence-electron chi connectivity index (χ4n) is 0.891. The van der Waals surface area contributed by atoms with E-state index in [2.05, 4.69) is 10.1 Å². The van der Waals surface area contributed by atoms with E-state index in [9.17, 15) is 35.1 Å². The van der Waals surface area contributed by atoms with Crippen molar-refractivity contribution in [2.24, 2.45) is 7.05 Å². The van der Waals surface area contributed by atoms with Crippen molar-refractivity contribution in [3.63, 3.8) is 0 Å². The highest BCUT2D eigenvalue weighted by Gasteiger charge is 2.62. The molecule has 0 N–H and O–H groups in total. The molecule has 0 fully saturated rings. The van der Waals surface area contributed by atoms with E-state index in [-0.39, 0.29) is 4.68 Å². The second-order valence-electron chi connectivity index (χ2n) is 2.95. The average molecular weight is 269 g/mol. The Bertz CT molecular complexity index is 414. The first-order valence-electron chi connectivity index (χ1n) is 3.80. The minimum Gasteiger partial charge on any atom is -0.245 e. The molecule has 0 spiro atoms. The van der Waals surface area contributed by atoms with Crippen molar-refractivity contribution >= 4 is 0 Å². The molecule has 1 aromatic heterocycles. The Morgan fingerprint density at radius 1 is 0.941 bits per heavy atom. The lowest BCUT2D eigenvalue weighted by Gasteiger charge is -2.15. The van der Waals surface area contributed by atoms with Gasteiger partial charge in [-0.25, -0.2) is 9.67 Å². The summed E-state index contributed by atoms with van der Waals surface area (Å²) in [4.78, 5) is 2.18. The van der Waals surface area contributed by atoms with Crippen LogP contribution in [0.3, 0.4) is 0 Å². The van der Waals surface area contributed by atoms with E-state index >= 15 is 0 Å². The molecule has 1 rings (SSSR count). The second kappa shape index (κ2) is 3.53. The van der Waals surface area contributed by atoms with Crippen LogP contribution >= 0.6 is 0 Å². The Morgan fingerprint density at radius 2 is 1.41 bits per heavy atom. The smallest absolute Gasteiger partial charge is 0.245 e. The molecular weight excluding hydrogens is 266 g/mol. The predicted octanol–water partition coefficient (Wildman–Crippen LogP) is 2.49. The van der Waals surface area contributed by atoms with Crippen molar-refractivity contribution in [2.75, 3.05) is 0 Å². The SMILES string of the molecule is Cn1nc(C(F)(F)C(F)(F)F)nc1C(F)(F)F. The molecule has 98 valence electrons. The average Bonchev–Trinajstić information content (AvgIpc) is 2.44. The lowest BCUT2D eigenvalue weighted by molar-refractivity contribution is -0.292. The molecule has 0 unspecified atom stereocenters. The normalized spacial score (nSPS) is 14.2. The molecule has 0 saturated heterocycles. The van der Waals surface area contributed by atoms with Crippen LogP contribution in [0.1, 0.15) is 11.6 Å². The third-order valence-corrected chi connectivity index (χ3v) is 1.65. The van der Waals surface area contributed by atoms with E-state index < -0.39 is 29.9 Å². The number of nitrogens with zero attached hydrogens (tertiary/aromatic N) is 3. The van der Waals surface area contributed by atoms with Crippen LogP contribution in [-0.2, 0) is 19.1 Å². The Labute approximate surface area is 88.0 Å². The highest BCUT2D eigenvalue weighted by molar-refractivity contribution is 5.04. The monoisotopic (exact) mass is 269 g/mol. The van der Waals surface area contributed by atoms with E-state index in [0.717, 1.165) is 0 Å². The van der Waals surface area contributed by atoms with Crippen molar-refractivity contribution in [3.8, 4) is 0 Å². The minimum absolute atomic E-state index is 0.186. The maximum Gasteiger partial charge on any atom is 0.461 e. The zero-order valence-electron chi connectivity index (χ0n) is 7.87. The minimum atomic E-state index is -6.06. The summed E-state index contributed by atoms with van der Waals surface area (Å²) in [6, 6.07) is 0. The quantitative estimate of drug-likeness (QED) is 0.733. The summed E-state index contributed by atoms with van der Waals surface area (Å²) >= 11 is 0. The van der Waals surface area contributed by atoms with Gasteiger partial charge in [0.1, 0.15) is 0 Å². The Kier molecular flexibility index (Phi) is 2.84. The number of rotatable bonds is 1. The maximum atomic E-state index is 12.6. The zero-order valence-corrected chi connectivity index (χ0v) is 7.87. The number of aromatic nitrogens is 3. The van der Waals surface area contributed by atoms with Crippen molar-refractivity contribution in [2.45, 2.75) is 18.3 Å². The van der Waals surface area contributed by atoms with Gasteiger partial charge in [-0.15, -0.1) is 5.10 Å². The van der Waals surface area contributed by atoms with E-state index in [1.807, 2.05) is 0 Å². The van der Waals surface area contributed by atoms with Crippen LogP contribution in [0.25, 0.3) is 0 Å². The third-order valence-electron chi connectivity index (χ3n) is 1.65. The van der Waals surface area contributed by atoms with Crippen LogP contribution in [0.15, 0.2) is 0 Å². The molecule has 1 heterocycles. The lowest BCUT2D eigenvalue weighted by atomic mass is 10.3. The van der Waals surface area contributed by atoms with Crippen LogP contribution in [0.2, 0.25) is 0 Å². The molecule has 17 heavy (non-hydrogen) atoms. The molecule has 0 aliphatic rings. The molecule has 0 radical (unpaired) electrons. The van der Waals surface area contributed by atoms with Gasteiger partial charge in [0.15, 0.2) is 0 Å². The van der Waals surface area contributed by atoms with Crippen molar-refractivity contribution < 1.29 is 35.1 Å². The van der Waals surface area contributed by atoms with Gasteiger partial charge < -0.3 is 0 Å². The van der Waals surface area contributed by atoms with E-state index in [4.69, 9.17) is 0 Å². The van der Waals surface area contributed by atoms with E-state index in [0.29, 0.717) is 7.05 Å². The van der Waals surface area contributed by atoms with Crippen LogP contribution in [-0.4, -0.2) is 20.9 Å². The highest BCUT2D eigenvalue weighted by Crippen LogP contribution is 2.43. The summed E-state index contributed by atoms with van der Waals surface area (Å²) in [5, 5.41) is 2.43. The Morgan fingerprint density at radius 3 is 1.71 bits per heavy atom. The van der Waals surface area contributed by atoms with Crippen molar-refractivity contribution in [1.82, 2.24) is 14.8 Å². The molecule has 0 saturated carbocycles. The summed E-state index contributed by atoms with van der Waals surface area (Å²) in [6.07, 6.45) is -11.2.